The molecule has 0 spiro atoms. The lowest BCUT2D eigenvalue weighted by atomic mass is 9.77. The Morgan fingerprint density at radius 2 is 2.05 bits per heavy atom. The molecule has 1 aromatic rings. The van der Waals surface area contributed by atoms with Crippen molar-refractivity contribution in [1.29, 1.82) is 0 Å². The van der Waals surface area contributed by atoms with Crippen LogP contribution in [0.15, 0.2) is 5.38 Å². The van der Waals surface area contributed by atoms with Gasteiger partial charge < -0.3 is 9.64 Å². The third-order valence-corrected chi connectivity index (χ3v) is 6.04. The zero-order valence-corrected chi connectivity index (χ0v) is 15.0. The van der Waals surface area contributed by atoms with Crippen LogP contribution in [0.1, 0.15) is 68.4 Å². The van der Waals surface area contributed by atoms with Gasteiger partial charge in [0, 0.05) is 18.0 Å². The van der Waals surface area contributed by atoms with E-state index in [1.807, 2.05) is 44.1 Å². The number of amides is 1. The van der Waals surface area contributed by atoms with Crippen molar-refractivity contribution < 1.29 is 9.53 Å². The third-order valence-electron chi connectivity index (χ3n) is 4.93. The number of likely N-dealkylation sites (N-methyl/N-ethyl adjacent to an activating group) is 1. The number of hydrogen-bond acceptors (Lipinski definition) is 3. The quantitative estimate of drug-likeness (QED) is 0.787. The maximum Gasteiger partial charge on any atom is 0.410 e. The van der Waals surface area contributed by atoms with Gasteiger partial charge in [0.25, 0.3) is 0 Å². The molecule has 0 aromatic carbocycles. The van der Waals surface area contributed by atoms with Gasteiger partial charge in [-0.1, -0.05) is 6.42 Å². The number of hydrogen-bond donors (Lipinski definition) is 0. The van der Waals surface area contributed by atoms with Gasteiger partial charge in [0.1, 0.15) is 5.60 Å². The number of carbonyl (C=O) groups is 1. The molecule has 22 heavy (non-hydrogen) atoms. The molecular weight excluding hydrogens is 294 g/mol. The molecule has 0 N–H and O–H groups in total. The van der Waals surface area contributed by atoms with E-state index in [0.717, 1.165) is 25.2 Å². The van der Waals surface area contributed by atoms with Crippen LogP contribution in [0.3, 0.4) is 0 Å². The fourth-order valence-electron chi connectivity index (χ4n) is 3.39. The Kier molecular flexibility index (Phi) is 4.23. The van der Waals surface area contributed by atoms with Crippen LogP contribution in [0, 0.1) is 0 Å². The second-order valence-corrected chi connectivity index (χ2v) is 8.67. The Morgan fingerprint density at radius 1 is 1.32 bits per heavy atom. The van der Waals surface area contributed by atoms with Crippen molar-refractivity contribution in [3.05, 3.63) is 21.4 Å². The van der Waals surface area contributed by atoms with Crippen LogP contribution in [0.2, 0.25) is 0 Å². The average molecular weight is 321 g/mol. The number of thiophene rings is 1. The Hall–Kier alpha value is -1.03. The summed E-state index contributed by atoms with van der Waals surface area (Å²) in [5.41, 5.74) is 2.69. The predicted molar refractivity (Wildman–Crippen MR) is 90.7 cm³/mol. The van der Waals surface area contributed by atoms with Crippen LogP contribution >= 0.6 is 11.3 Å². The van der Waals surface area contributed by atoms with Crippen molar-refractivity contribution in [1.82, 2.24) is 4.90 Å². The Morgan fingerprint density at radius 3 is 2.64 bits per heavy atom. The first kappa shape index (κ1) is 15.9. The van der Waals surface area contributed by atoms with E-state index in [2.05, 4.69) is 5.38 Å². The van der Waals surface area contributed by atoms with E-state index in [0.29, 0.717) is 0 Å². The molecular formula is C18H27NO2S. The third kappa shape index (κ3) is 3.17. The number of nitrogens with zero attached hydrogens (tertiary/aromatic N) is 1. The van der Waals surface area contributed by atoms with Crippen LogP contribution in [0.5, 0.6) is 0 Å². The minimum absolute atomic E-state index is 0.193. The molecule has 0 saturated heterocycles. The molecule has 1 fully saturated rings. The maximum atomic E-state index is 12.3. The van der Waals surface area contributed by atoms with Gasteiger partial charge in [0.15, 0.2) is 0 Å². The lowest BCUT2D eigenvalue weighted by Crippen LogP contribution is -2.43. The second kappa shape index (κ2) is 5.88. The number of aryl methyl sites for hydroxylation is 1. The Bertz CT molecular complexity index is 554. The summed E-state index contributed by atoms with van der Waals surface area (Å²) in [6.45, 7) is 5.77. The van der Waals surface area contributed by atoms with Crippen LogP contribution in [0.25, 0.3) is 0 Å². The molecule has 2 aliphatic rings. The minimum Gasteiger partial charge on any atom is -0.444 e. The summed E-state index contributed by atoms with van der Waals surface area (Å²) in [6, 6.07) is 0.274. The van der Waals surface area contributed by atoms with Crippen LogP contribution < -0.4 is 0 Å². The fourth-order valence-corrected chi connectivity index (χ4v) is 4.57. The maximum absolute atomic E-state index is 12.3. The molecule has 1 unspecified atom stereocenters. The standard InChI is InChI=1S/C18H27NO2S/c1-18(2,3)21-17(20)19(4)13-8-9-16-14(10-13)15(11-22-16)12-6-5-7-12/h11-13H,5-10H2,1-4H3. The van der Waals surface area contributed by atoms with E-state index < -0.39 is 5.60 Å². The molecule has 0 radical (unpaired) electrons. The van der Waals surface area contributed by atoms with Gasteiger partial charge in [-0.25, -0.2) is 4.79 Å². The molecule has 1 amide bonds. The number of ether oxygens (including phenoxy) is 1. The van der Waals surface area contributed by atoms with Crippen molar-refractivity contribution in [3.63, 3.8) is 0 Å². The highest BCUT2D eigenvalue weighted by atomic mass is 32.1. The van der Waals surface area contributed by atoms with E-state index in [1.165, 1.54) is 19.3 Å². The van der Waals surface area contributed by atoms with Gasteiger partial charge in [-0.15, -0.1) is 11.3 Å². The Labute approximate surface area is 137 Å². The normalized spacial score (nSPS) is 21.9. The number of fused-ring (bicyclic) bond motifs is 1. The first-order valence-corrected chi connectivity index (χ1v) is 9.28. The SMILES string of the molecule is CN(C(=O)OC(C)(C)C)C1CCc2scc(C3CCC3)c2C1. The molecule has 1 aromatic heterocycles. The molecule has 3 rings (SSSR count). The van der Waals surface area contributed by atoms with Crippen LogP contribution in [-0.2, 0) is 17.6 Å². The summed E-state index contributed by atoms with van der Waals surface area (Å²) in [5, 5.41) is 2.38. The average Bonchev–Trinajstić information content (AvgIpc) is 2.77. The fraction of sp³-hybridized carbons (Fsp3) is 0.722. The van der Waals surface area contributed by atoms with E-state index in [-0.39, 0.29) is 12.1 Å². The molecule has 2 aliphatic carbocycles. The predicted octanol–water partition coefficient (Wildman–Crippen LogP) is 4.74. The molecule has 0 aliphatic heterocycles. The van der Waals surface area contributed by atoms with Gasteiger partial charge in [0.05, 0.1) is 0 Å². The second-order valence-electron chi connectivity index (χ2n) is 7.71. The van der Waals surface area contributed by atoms with Crippen molar-refractivity contribution in [2.45, 2.75) is 76.9 Å². The van der Waals surface area contributed by atoms with Gasteiger partial charge in [-0.3, -0.25) is 0 Å². The summed E-state index contributed by atoms with van der Waals surface area (Å²) >= 11 is 1.93. The first-order valence-electron chi connectivity index (χ1n) is 8.40. The molecule has 1 heterocycles. The number of carbonyl (C=O) groups excluding carboxylic acids is 1. The molecule has 1 saturated carbocycles. The van der Waals surface area contributed by atoms with Gasteiger partial charge >= 0.3 is 6.09 Å². The lowest BCUT2D eigenvalue weighted by molar-refractivity contribution is 0.0210. The van der Waals surface area contributed by atoms with Crippen molar-refractivity contribution in [2.24, 2.45) is 0 Å². The molecule has 3 nitrogen and oxygen atoms in total. The van der Waals surface area contributed by atoms with Gasteiger partial charge in [0.2, 0.25) is 0 Å². The number of rotatable bonds is 2. The molecule has 122 valence electrons. The van der Waals surface area contributed by atoms with E-state index in [4.69, 9.17) is 4.74 Å². The zero-order valence-electron chi connectivity index (χ0n) is 14.1. The van der Waals surface area contributed by atoms with Gasteiger partial charge in [-0.2, -0.15) is 0 Å². The van der Waals surface area contributed by atoms with Crippen molar-refractivity contribution in [3.8, 4) is 0 Å². The molecule has 1 atom stereocenters. The van der Waals surface area contributed by atoms with E-state index in [9.17, 15) is 4.79 Å². The topological polar surface area (TPSA) is 29.5 Å². The molecule has 4 heteroatoms. The van der Waals surface area contributed by atoms with E-state index >= 15 is 0 Å². The highest BCUT2D eigenvalue weighted by Gasteiger charge is 2.32. The summed E-state index contributed by atoms with van der Waals surface area (Å²) in [5.74, 6) is 0.783. The zero-order chi connectivity index (χ0) is 15.9. The van der Waals surface area contributed by atoms with Gasteiger partial charge in [-0.05, 0) is 75.3 Å². The minimum atomic E-state index is -0.426. The summed E-state index contributed by atoms with van der Waals surface area (Å²) in [7, 11) is 1.89. The summed E-state index contributed by atoms with van der Waals surface area (Å²) in [4.78, 5) is 15.7. The van der Waals surface area contributed by atoms with Crippen LogP contribution in [-0.4, -0.2) is 29.7 Å². The Balaban J connectivity index is 1.70. The highest BCUT2D eigenvalue weighted by molar-refractivity contribution is 7.10. The largest absolute Gasteiger partial charge is 0.444 e. The summed E-state index contributed by atoms with van der Waals surface area (Å²) < 4.78 is 5.52. The smallest absolute Gasteiger partial charge is 0.410 e. The van der Waals surface area contributed by atoms with Crippen LogP contribution in [0.4, 0.5) is 4.79 Å². The van der Waals surface area contributed by atoms with E-state index in [1.54, 1.807) is 16.0 Å². The molecule has 0 bridgehead atoms. The van der Waals surface area contributed by atoms with Crippen molar-refractivity contribution >= 4 is 17.4 Å². The first-order chi connectivity index (χ1) is 10.3. The summed E-state index contributed by atoms with van der Waals surface area (Å²) in [6.07, 6.45) is 7.02. The lowest BCUT2D eigenvalue weighted by Gasteiger charge is -2.34. The monoisotopic (exact) mass is 321 g/mol. The van der Waals surface area contributed by atoms with Crippen molar-refractivity contribution in [2.75, 3.05) is 7.05 Å². The highest BCUT2D eigenvalue weighted by Crippen LogP contribution is 2.43.